The number of oxazole rings is 1. The Morgan fingerprint density at radius 3 is 2.46 bits per heavy atom. The number of nitrogens with zero attached hydrogens (tertiary/aromatic N) is 2. The maximum atomic E-state index is 14.0. The highest BCUT2D eigenvalue weighted by Crippen LogP contribution is 2.29. The average molecular weight is 350 g/mol. The van der Waals surface area contributed by atoms with Gasteiger partial charge in [0, 0.05) is 11.7 Å². The second-order valence-electron chi connectivity index (χ2n) is 6.88. The molecule has 26 heavy (non-hydrogen) atoms. The third-order valence-corrected chi connectivity index (χ3v) is 5.09. The first-order valence-electron chi connectivity index (χ1n) is 9.32. The number of para-hydroxylation sites is 1. The van der Waals surface area contributed by atoms with E-state index in [4.69, 9.17) is 4.42 Å². The summed E-state index contributed by atoms with van der Waals surface area (Å²) in [6, 6.07) is 17.6. The van der Waals surface area contributed by atoms with E-state index in [-0.39, 0.29) is 5.82 Å². The summed E-state index contributed by atoms with van der Waals surface area (Å²) < 4.78 is 19.6. The number of hydrogen-bond donors (Lipinski definition) is 0. The van der Waals surface area contributed by atoms with Gasteiger partial charge in [0.1, 0.15) is 12.1 Å². The summed E-state index contributed by atoms with van der Waals surface area (Å²) in [5.41, 5.74) is 2.44. The second kappa shape index (κ2) is 7.73. The van der Waals surface area contributed by atoms with Crippen molar-refractivity contribution in [2.24, 2.45) is 0 Å². The van der Waals surface area contributed by atoms with Crippen LogP contribution in [0.15, 0.2) is 65.3 Å². The topological polar surface area (TPSA) is 29.3 Å². The van der Waals surface area contributed by atoms with Gasteiger partial charge in [0.2, 0.25) is 5.89 Å². The Bertz CT molecular complexity index is 840. The van der Waals surface area contributed by atoms with E-state index in [0.29, 0.717) is 24.0 Å². The van der Waals surface area contributed by atoms with Crippen LogP contribution in [0, 0.1) is 5.82 Å². The predicted octanol–water partition coefficient (Wildman–Crippen LogP) is 5.82. The molecule has 0 unspecified atom stereocenters. The van der Waals surface area contributed by atoms with Gasteiger partial charge in [-0.15, -0.1) is 0 Å². The SMILES string of the molecule is Fc1ccccc1-c1nc(CN(c2ccccc2)C2CCCCC2)co1. The van der Waals surface area contributed by atoms with E-state index in [2.05, 4.69) is 34.1 Å². The van der Waals surface area contributed by atoms with Crippen molar-refractivity contribution < 1.29 is 8.81 Å². The Labute approximate surface area is 153 Å². The first-order chi connectivity index (χ1) is 12.8. The van der Waals surface area contributed by atoms with Crippen LogP contribution in [0.4, 0.5) is 10.1 Å². The van der Waals surface area contributed by atoms with Gasteiger partial charge in [-0.25, -0.2) is 9.37 Å². The Hall–Kier alpha value is -2.62. The zero-order chi connectivity index (χ0) is 17.8. The lowest BCUT2D eigenvalue weighted by molar-refractivity contribution is 0.412. The number of benzene rings is 2. The van der Waals surface area contributed by atoms with Crippen molar-refractivity contribution in [3.63, 3.8) is 0 Å². The maximum Gasteiger partial charge on any atom is 0.229 e. The largest absolute Gasteiger partial charge is 0.444 e. The van der Waals surface area contributed by atoms with Gasteiger partial charge in [-0.1, -0.05) is 49.6 Å². The summed E-state index contributed by atoms with van der Waals surface area (Å²) in [5, 5.41) is 0. The van der Waals surface area contributed by atoms with Gasteiger partial charge in [0.15, 0.2) is 0 Å². The molecule has 0 bridgehead atoms. The van der Waals surface area contributed by atoms with Gasteiger partial charge in [-0.2, -0.15) is 0 Å². The summed E-state index contributed by atoms with van der Waals surface area (Å²) in [4.78, 5) is 6.97. The fourth-order valence-electron chi connectivity index (χ4n) is 3.76. The minimum absolute atomic E-state index is 0.312. The molecule has 1 aromatic heterocycles. The van der Waals surface area contributed by atoms with Gasteiger partial charge >= 0.3 is 0 Å². The molecule has 134 valence electrons. The fourth-order valence-corrected chi connectivity index (χ4v) is 3.76. The first-order valence-corrected chi connectivity index (χ1v) is 9.32. The Morgan fingerprint density at radius 2 is 1.69 bits per heavy atom. The number of aromatic nitrogens is 1. The molecule has 3 nitrogen and oxygen atoms in total. The smallest absolute Gasteiger partial charge is 0.229 e. The maximum absolute atomic E-state index is 14.0. The van der Waals surface area contributed by atoms with E-state index in [1.54, 1.807) is 24.5 Å². The lowest BCUT2D eigenvalue weighted by atomic mass is 9.93. The first kappa shape index (κ1) is 16.8. The predicted molar refractivity (Wildman–Crippen MR) is 101 cm³/mol. The van der Waals surface area contributed by atoms with Gasteiger partial charge in [0.25, 0.3) is 0 Å². The van der Waals surface area contributed by atoms with Crippen molar-refractivity contribution >= 4 is 5.69 Å². The molecule has 0 amide bonds. The van der Waals surface area contributed by atoms with Crippen LogP contribution in [-0.2, 0) is 6.54 Å². The highest BCUT2D eigenvalue weighted by Gasteiger charge is 2.23. The van der Waals surface area contributed by atoms with Crippen LogP contribution in [0.1, 0.15) is 37.8 Å². The van der Waals surface area contributed by atoms with E-state index in [1.807, 2.05) is 6.07 Å². The lowest BCUT2D eigenvalue weighted by Crippen LogP contribution is -2.36. The molecule has 2 aromatic carbocycles. The van der Waals surface area contributed by atoms with Crippen LogP contribution in [-0.4, -0.2) is 11.0 Å². The van der Waals surface area contributed by atoms with Gasteiger partial charge in [-0.3, -0.25) is 0 Å². The normalized spacial score (nSPS) is 15.1. The zero-order valence-electron chi connectivity index (χ0n) is 14.8. The van der Waals surface area contributed by atoms with Crippen LogP contribution < -0.4 is 4.90 Å². The van der Waals surface area contributed by atoms with Crippen LogP contribution in [0.25, 0.3) is 11.5 Å². The molecule has 1 saturated carbocycles. The van der Waals surface area contributed by atoms with E-state index >= 15 is 0 Å². The van der Waals surface area contributed by atoms with Crippen molar-refractivity contribution in [1.29, 1.82) is 0 Å². The van der Waals surface area contributed by atoms with Crippen molar-refractivity contribution in [2.45, 2.75) is 44.7 Å². The van der Waals surface area contributed by atoms with Crippen molar-refractivity contribution in [1.82, 2.24) is 4.98 Å². The van der Waals surface area contributed by atoms with Gasteiger partial charge < -0.3 is 9.32 Å². The summed E-state index contributed by atoms with van der Waals surface area (Å²) in [5.74, 6) is 0.0304. The number of rotatable bonds is 5. The highest BCUT2D eigenvalue weighted by atomic mass is 19.1. The quantitative estimate of drug-likeness (QED) is 0.580. The molecule has 1 fully saturated rings. The lowest BCUT2D eigenvalue weighted by Gasteiger charge is -2.35. The molecule has 0 radical (unpaired) electrons. The van der Waals surface area contributed by atoms with Gasteiger partial charge in [0.05, 0.1) is 17.8 Å². The van der Waals surface area contributed by atoms with E-state index in [9.17, 15) is 4.39 Å². The van der Waals surface area contributed by atoms with E-state index in [1.165, 1.54) is 43.9 Å². The molecule has 1 heterocycles. The standard InChI is InChI=1S/C22H23FN2O/c23-21-14-8-7-13-20(21)22-24-17(16-26-22)15-25(18-9-3-1-4-10-18)19-11-5-2-6-12-19/h1,3-4,7-10,13-14,16,19H,2,5-6,11-12,15H2. The summed E-state index contributed by atoms with van der Waals surface area (Å²) in [6.45, 7) is 0.673. The zero-order valence-corrected chi connectivity index (χ0v) is 14.8. The molecule has 4 rings (SSSR count). The average Bonchev–Trinajstić information content (AvgIpc) is 3.16. The monoisotopic (exact) mass is 350 g/mol. The molecular weight excluding hydrogens is 327 g/mol. The third-order valence-electron chi connectivity index (χ3n) is 5.09. The van der Waals surface area contributed by atoms with E-state index < -0.39 is 0 Å². The molecule has 3 aromatic rings. The van der Waals surface area contributed by atoms with E-state index in [0.717, 1.165) is 5.69 Å². The second-order valence-corrected chi connectivity index (χ2v) is 6.88. The molecule has 0 spiro atoms. The molecule has 0 aliphatic heterocycles. The minimum atomic E-state index is -0.312. The number of halogens is 1. The van der Waals surface area contributed by atoms with Crippen molar-refractivity contribution in [2.75, 3.05) is 4.90 Å². The molecule has 0 saturated heterocycles. The molecule has 0 atom stereocenters. The molecule has 0 N–H and O–H groups in total. The third kappa shape index (κ3) is 3.64. The van der Waals surface area contributed by atoms with Gasteiger partial charge in [-0.05, 0) is 37.1 Å². The number of hydrogen-bond acceptors (Lipinski definition) is 3. The molecular formula is C22H23FN2O. The molecule has 4 heteroatoms. The van der Waals surface area contributed by atoms with Crippen molar-refractivity contribution in [3.8, 4) is 11.5 Å². The Kier molecular flexibility index (Phi) is 5.00. The summed E-state index contributed by atoms with van der Waals surface area (Å²) >= 11 is 0. The summed E-state index contributed by atoms with van der Waals surface area (Å²) in [6.07, 6.45) is 7.92. The van der Waals surface area contributed by atoms with Crippen LogP contribution in [0.3, 0.4) is 0 Å². The van der Waals surface area contributed by atoms with Crippen LogP contribution in [0.5, 0.6) is 0 Å². The fraction of sp³-hybridized carbons (Fsp3) is 0.318. The van der Waals surface area contributed by atoms with Crippen LogP contribution >= 0.6 is 0 Å². The summed E-state index contributed by atoms with van der Waals surface area (Å²) in [7, 11) is 0. The number of anilines is 1. The Morgan fingerprint density at radius 1 is 0.962 bits per heavy atom. The van der Waals surface area contributed by atoms with Crippen molar-refractivity contribution in [3.05, 3.63) is 72.4 Å². The molecule has 1 aliphatic rings. The minimum Gasteiger partial charge on any atom is -0.444 e. The van der Waals surface area contributed by atoms with Crippen LogP contribution in [0.2, 0.25) is 0 Å². The highest BCUT2D eigenvalue weighted by molar-refractivity contribution is 5.54. The molecule has 1 aliphatic carbocycles. The Balaban J connectivity index is 1.59.